The van der Waals surface area contributed by atoms with Gasteiger partial charge in [-0.3, -0.25) is 19.3 Å². The highest BCUT2D eigenvalue weighted by Gasteiger charge is 2.59. The van der Waals surface area contributed by atoms with Gasteiger partial charge in [-0.2, -0.15) is 0 Å². The molecule has 6 atom stereocenters. The van der Waals surface area contributed by atoms with Crippen molar-refractivity contribution in [2.24, 2.45) is 23.7 Å². The molecule has 3 fully saturated rings. The SMILES string of the molecule is CO[C@@H]1CCCC[C@H]1NC(=O)c1ccc(N2C(=O)[C@@H]3[C@H](C2=O)[C@@H]2C=C[C@H]3C2)cc1. The van der Waals surface area contributed by atoms with Gasteiger partial charge in [0, 0.05) is 12.7 Å². The second-order valence-corrected chi connectivity index (χ2v) is 8.70. The number of methoxy groups -OCH3 is 1. The average Bonchev–Trinajstić information content (AvgIpc) is 3.42. The Hall–Kier alpha value is -2.47. The molecule has 5 rings (SSSR count). The summed E-state index contributed by atoms with van der Waals surface area (Å²) in [6.07, 6.45) is 9.23. The molecule has 3 amide bonds. The predicted octanol–water partition coefficient (Wildman–Crippen LogP) is 2.69. The molecule has 1 aromatic rings. The summed E-state index contributed by atoms with van der Waals surface area (Å²) in [5.74, 6) is -0.376. The van der Waals surface area contributed by atoms with Crippen molar-refractivity contribution in [1.82, 2.24) is 5.32 Å². The molecule has 4 aliphatic rings. The van der Waals surface area contributed by atoms with Crippen molar-refractivity contribution in [2.75, 3.05) is 12.0 Å². The Balaban J connectivity index is 1.30. The van der Waals surface area contributed by atoms with Gasteiger partial charge >= 0.3 is 0 Å². The van der Waals surface area contributed by atoms with Crippen LogP contribution in [-0.4, -0.2) is 37.0 Å². The minimum atomic E-state index is -0.210. The number of ether oxygens (including phenoxy) is 1. The Bertz CT molecular complexity index is 847. The van der Waals surface area contributed by atoms with Crippen molar-refractivity contribution >= 4 is 23.4 Å². The molecule has 29 heavy (non-hydrogen) atoms. The van der Waals surface area contributed by atoms with Gasteiger partial charge in [0.05, 0.1) is 29.7 Å². The van der Waals surface area contributed by atoms with E-state index in [1.807, 2.05) is 0 Å². The summed E-state index contributed by atoms with van der Waals surface area (Å²) in [4.78, 5) is 39.8. The second-order valence-electron chi connectivity index (χ2n) is 8.70. The lowest BCUT2D eigenvalue weighted by Crippen LogP contribution is -2.45. The molecule has 0 spiro atoms. The number of benzene rings is 1. The fourth-order valence-electron chi connectivity index (χ4n) is 5.71. The van der Waals surface area contributed by atoms with E-state index in [1.54, 1.807) is 31.4 Å². The summed E-state index contributed by atoms with van der Waals surface area (Å²) in [7, 11) is 1.69. The van der Waals surface area contributed by atoms with E-state index in [9.17, 15) is 14.4 Å². The molecule has 2 saturated carbocycles. The Morgan fingerprint density at radius 1 is 1.00 bits per heavy atom. The van der Waals surface area contributed by atoms with E-state index in [0.29, 0.717) is 11.3 Å². The van der Waals surface area contributed by atoms with Gasteiger partial charge in [-0.05, 0) is 55.4 Å². The third-order valence-electron chi connectivity index (χ3n) is 7.18. The minimum Gasteiger partial charge on any atom is -0.379 e. The largest absolute Gasteiger partial charge is 0.379 e. The Morgan fingerprint density at radius 2 is 1.62 bits per heavy atom. The van der Waals surface area contributed by atoms with Gasteiger partial charge in [0.25, 0.3) is 5.91 Å². The van der Waals surface area contributed by atoms with Crippen LogP contribution in [0.2, 0.25) is 0 Å². The summed E-state index contributed by atoms with van der Waals surface area (Å²) < 4.78 is 5.51. The van der Waals surface area contributed by atoms with E-state index in [0.717, 1.165) is 32.1 Å². The van der Waals surface area contributed by atoms with Crippen LogP contribution in [0.25, 0.3) is 0 Å². The number of allylic oxidation sites excluding steroid dienone is 2. The molecule has 152 valence electrons. The van der Waals surface area contributed by atoms with Crippen LogP contribution < -0.4 is 10.2 Å². The Morgan fingerprint density at radius 3 is 2.24 bits per heavy atom. The van der Waals surface area contributed by atoms with Crippen LogP contribution in [0.4, 0.5) is 5.69 Å². The van der Waals surface area contributed by atoms with Crippen LogP contribution in [-0.2, 0) is 14.3 Å². The fraction of sp³-hybridized carbons (Fsp3) is 0.522. The molecule has 3 aliphatic carbocycles. The highest BCUT2D eigenvalue weighted by Crippen LogP contribution is 2.53. The van der Waals surface area contributed by atoms with Gasteiger partial charge < -0.3 is 10.1 Å². The number of imide groups is 1. The molecular formula is C23H26N2O4. The zero-order valence-electron chi connectivity index (χ0n) is 16.5. The first-order valence-corrected chi connectivity index (χ1v) is 10.6. The van der Waals surface area contributed by atoms with Crippen LogP contribution >= 0.6 is 0 Å². The Labute approximate surface area is 170 Å². The van der Waals surface area contributed by atoms with Crippen LogP contribution in [0.5, 0.6) is 0 Å². The molecule has 6 heteroatoms. The predicted molar refractivity (Wildman–Crippen MR) is 107 cm³/mol. The third-order valence-corrected chi connectivity index (χ3v) is 7.18. The molecule has 6 nitrogen and oxygen atoms in total. The third kappa shape index (κ3) is 2.92. The van der Waals surface area contributed by atoms with E-state index < -0.39 is 0 Å². The van der Waals surface area contributed by atoms with Crippen molar-refractivity contribution in [2.45, 2.75) is 44.2 Å². The van der Waals surface area contributed by atoms with Crippen LogP contribution in [0.1, 0.15) is 42.5 Å². The molecule has 1 aromatic carbocycles. The zero-order chi connectivity index (χ0) is 20.1. The highest BCUT2D eigenvalue weighted by molar-refractivity contribution is 6.22. The lowest BCUT2D eigenvalue weighted by atomic mass is 9.85. The summed E-state index contributed by atoms with van der Waals surface area (Å²) in [6, 6.07) is 6.81. The molecule has 0 unspecified atom stereocenters. The first-order chi connectivity index (χ1) is 14.1. The maximum absolute atomic E-state index is 12.9. The van der Waals surface area contributed by atoms with Crippen molar-refractivity contribution in [1.29, 1.82) is 0 Å². The first kappa shape index (κ1) is 18.6. The van der Waals surface area contributed by atoms with Gasteiger partial charge in [-0.1, -0.05) is 25.0 Å². The topological polar surface area (TPSA) is 75.7 Å². The maximum Gasteiger partial charge on any atom is 0.251 e. The zero-order valence-corrected chi connectivity index (χ0v) is 16.5. The number of nitrogens with zero attached hydrogens (tertiary/aromatic N) is 1. The van der Waals surface area contributed by atoms with Gasteiger partial charge in [-0.15, -0.1) is 0 Å². The molecule has 1 heterocycles. The monoisotopic (exact) mass is 394 g/mol. The quantitative estimate of drug-likeness (QED) is 0.629. The van der Waals surface area contributed by atoms with Crippen molar-refractivity contribution < 1.29 is 19.1 Å². The molecule has 2 bridgehead atoms. The highest BCUT2D eigenvalue weighted by atomic mass is 16.5. The molecular weight excluding hydrogens is 368 g/mol. The van der Waals surface area contributed by atoms with Gasteiger partial charge in [-0.25, -0.2) is 0 Å². The Kier molecular flexibility index (Phi) is 4.54. The van der Waals surface area contributed by atoms with Crippen molar-refractivity contribution in [3.63, 3.8) is 0 Å². The number of amides is 3. The molecule has 1 N–H and O–H groups in total. The number of carbonyl (C=O) groups excluding carboxylic acids is 3. The number of carbonyl (C=O) groups is 3. The minimum absolute atomic E-state index is 0.0185. The van der Waals surface area contributed by atoms with Crippen molar-refractivity contribution in [3.8, 4) is 0 Å². The molecule has 0 aromatic heterocycles. The summed E-state index contributed by atoms with van der Waals surface area (Å²) in [5.41, 5.74) is 1.08. The normalized spacial score (nSPS) is 35.3. The van der Waals surface area contributed by atoms with E-state index in [-0.39, 0.29) is 53.5 Å². The second kappa shape index (κ2) is 7.10. The summed E-state index contributed by atoms with van der Waals surface area (Å²) in [5, 5.41) is 3.08. The maximum atomic E-state index is 12.9. The van der Waals surface area contributed by atoms with Gasteiger partial charge in [0.2, 0.25) is 11.8 Å². The summed E-state index contributed by atoms with van der Waals surface area (Å²) >= 11 is 0. The summed E-state index contributed by atoms with van der Waals surface area (Å²) in [6.45, 7) is 0. The number of fused-ring (bicyclic) bond motifs is 5. The number of rotatable bonds is 4. The average molecular weight is 394 g/mol. The lowest BCUT2D eigenvalue weighted by Gasteiger charge is -2.31. The van der Waals surface area contributed by atoms with Crippen LogP contribution in [0.3, 0.4) is 0 Å². The van der Waals surface area contributed by atoms with Crippen LogP contribution in [0.15, 0.2) is 36.4 Å². The van der Waals surface area contributed by atoms with Crippen molar-refractivity contribution in [3.05, 3.63) is 42.0 Å². The van der Waals surface area contributed by atoms with Gasteiger partial charge in [0.1, 0.15) is 0 Å². The lowest BCUT2D eigenvalue weighted by molar-refractivity contribution is -0.123. The standard InChI is InChI=1S/C23H26N2O4/c1-29-18-5-3-2-4-17(18)24-21(26)13-8-10-16(11-9-13)25-22(27)19-14-6-7-15(12-14)20(19)23(25)28/h6-11,14-15,17-20H,2-5,12H2,1H3,(H,24,26)/t14-,15+,17-,18-,19-,20+/m1/s1. The number of anilines is 1. The van der Waals surface area contributed by atoms with E-state index in [2.05, 4.69) is 17.5 Å². The smallest absolute Gasteiger partial charge is 0.251 e. The van der Waals surface area contributed by atoms with Crippen LogP contribution in [0, 0.1) is 23.7 Å². The van der Waals surface area contributed by atoms with E-state index >= 15 is 0 Å². The molecule has 1 saturated heterocycles. The fourth-order valence-corrected chi connectivity index (χ4v) is 5.71. The molecule has 0 radical (unpaired) electrons. The van der Waals surface area contributed by atoms with E-state index in [4.69, 9.17) is 4.74 Å². The van der Waals surface area contributed by atoms with Gasteiger partial charge in [0.15, 0.2) is 0 Å². The number of hydrogen-bond donors (Lipinski definition) is 1. The van der Waals surface area contributed by atoms with E-state index in [1.165, 1.54) is 4.90 Å². The molecule has 1 aliphatic heterocycles. The number of hydrogen-bond acceptors (Lipinski definition) is 4. The number of nitrogens with one attached hydrogen (secondary N) is 1. The first-order valence-electron chi connectivity index (χ1n) is 10.6.